The summed E-state index contributed by atoms with van der Waals surface area (Å²) in [6.45, 7) is 1.41. The highest BCUT2D eigenvalue weighted by Gasteiger charge is 2.19. The molecule has 0 saturated heterocycles. The first-order valence-electron chi connectivity index (χ1n) is 8.26. The molecule has 28 heavy (non-hydrogen) atoms. The predicted molar refractivity (Wildman–Crippen MR) is 103 cm³/mol. The van der Waals surface area contributed by atoms with Crippen molar-refractivity contribution < 1.29 is 19.1 Å². The maximum absolute atomic E-state index is 12.5. The number of primary amides is 1. The van der Waals surface area contributed by atoms with E-state index in [0.717, 1.165) is 16.0 Å². The lowest BCUT2D eigenvalue weighted by molar-refractivity contribution is -0.119. The average Bonchev–Trinajstić information content (AvgIpc) is 3.15. The Kier molecular flexibility index (Phi) is 5.50. The third-order valence-electron chi connectivity index (χ3n) is 3.88. The number of nitrogens with zero attached hydrogens (tertiary/aromatic N) is 2. The molecule has 0 aliphatic heterocycles. The Labute approximate surface area is 162 Å². The van der Waals surface area contributed by atoms with Crippen LogP contribution in [-0.4, -0.2) is 34.2 Å². The van der Waals surface area contributed by atoms with Crippen molar-refractivity contribution in [3.63, 3.8) is 0 Å². The van der Waals surface area contributed by atoms with Crippen LogP contribution in [0, 0.1) is 0 Å². The molecule has 3 rings (SSSR count). The van der Waals surface area contributed by atoms with Gasteiger partial charge in [-0.25, -0.2) is 9.48 Å². The third-order valence-corrected chi connectivity index (χ3v) is 4.71. The van der Waals surface area contributed by atoms with E-state index in [4.69, 9.17) is 10.5 Å². The number of aromatic nitrogens is 2. The summed E-state index contributed by atoms with van der Waals surface area (Å²) in [7, 11) is 0. The van der Waals surface area contributed by atoms with Crippen molar-refractivity contribution in [3.05, 3.63) is 57.3 Å². The second kappa shape index (κ2) is 8.01. The van der Waals surface area contributed by atoms with E-state index in [0.29, 0.717) is 10.8 Å². The Morgan fingerprint density at radius 1 is 1.21 bits per heavy atom. The van der Waals surface area contributed by atoms with E-state index >= 15 is 0 Å². The maximum atomic E-state index is 12.5. The smallest absolute Gasteiger partial charge is 0.359 e. The van der Waals surface area contributed by atoms with Crippen molar-refractivity contribution in [1.82, 2.24) is 9.78 Å². The number of hydrogen-bond donors (Lipinski definition) is 2. The summed E-state index contributed by atoms with van der Waals surface area (Å²) < 4.78 is 6.20. The molecule has 0 saturated carbocycles. The van der Waals surface area contributed by atoms with Gasteiger partial charge in [-0.05, 0) is 24.4 Å². The number of nitrogens with one attached hydrogen (secondary N) is 1. The Hall–Kier alpha value is -3.53. The molecule has 0 unspecified atom stereocenters. The van der Waals surface area contributed by atoms with Crippen molar-refractivity contribution >= 4 is 44.9 Å². The van der Waals surface area contributed by atoms with Crippen LogP contribution < -0.4 is 16.6 Å². The number of hydrogen-bond acceptors (Lipinski definition) is 7. The molecule has 10 heteroatoms. The summed E-state index contributed by atoms with van der Waals surface area (Å²) in [6.07, 6.45) is 0. The molecule has 3 N–H and O–H groups in total. The summed E-state index contributed by atoms with van der Waals surface area (Å²) in [5.74, 6) is -2.15. The Morgan fingerprint density at radius 2 is 1.93 bits per heavy atom. The summed E-state index contributed by atoms with van der Waals surface area (Å²) in [4.78, 5) is 48.1. The normalized spacial score (nSPS) is 10.6. The van der Waals surface area contributed by atoms with Gasteiger partial charge in [-0.1, -0.05) is 18.2 Å². The first kappa shape index (κ1) is 19.2. The van der Waals surface area contributed by atoms with Gasteiger partial charge in [0.05, 0.1) is 10.9 Å². The first-order chi connectivity index (χ1) is 13.4. The molecular weight excluding hydrogens is 384 g/mol. The van der Waals surface area contributed by atoms with Crippen molar-refractivity contribution in [3.8, 4) is 0 Å². The molecule has 0 aliphatic rings. The quantitative estimate of drug-likeness (QED) is 0.601. The average molecular weight is 400 g/mol. The van der Waals surface area contributed by atoms with Crippen molar-refractivity contribution in [2.75, 3.05) is 11.9 Å². The lowest BCUT2D eigenvalue weighted by Gasteiger charge is -2.10. The number of fused-ring (bicyclic) bond motifs is 1. The SMILES string of the molecule is CCn1nc(C(=O)OCC(=O)Nc2sccc2C(N)=O)c2ccccc2c1=O. The maximum Gasteiger partial charge on any atom is 0.359 e. The van der Waals surface area contributed by atoms with Gasteiger partial charge in [0.15, 0.2) is 12.3 Å². The van der Waals surface area contributed by atoms with Crippen LogP contribution in [-0.2, 0) is 16.1 Å². The number of amides is 2. The molecule has 0 aliphatic carbocycles. The molecule has 2 aromatic heterocycles. The number of rotatable bonds is 6. The molecule has 0 bridgehead atoms. The molecule has 3 aromatic rings. The minimum Gasteiger partial charge on any atom is -0.451 e. The molecule has 2 heterocycles. The number of anilines is 1. The predicted octanol–water partition coefficient (Wildman–Crippen LogP) is 1.37. The van der Waals surface area contributed by atoms with Crippen LogP contribution in [0.4, 0.5) is 5.00 Å². The lowest BCUT2D eigenvalue weighted by Crippen LogP contribution is -2.27. The van der Waals surface area contributed by atoms with Crippen molar-refractivity contribution in [2.45, 2.75) is 13.5 Å². The monoisotopic (exact) mass is 400 g/mol. The standard InChI is InChI=1S/C18H16N4O5S/c1-2-22-17(25)11-6-4-3-5-10(11)14(21-22)18(26)27-9-13(23)20-16-12(15(19)24)7-8-28-16/h3-8H,2,9H2,1H3,(H2,19,24)(H,20,23). The third kappa shape index (κ3) is 3.76. The highest BCUT2D eigenvalue weighted by atomic mass is 32.1. The summed E-state index contributed by atoms with van der Waals surface area (Å²) in [6, 6.07) is 8.02. The van der Waals surface area contributed by atoms with Gasteiger partial charge in [0.2, 0.25) is 0 Å². The number of thiophene rings is 1. The van der Waals surface area contributed by atoms with Crippen molar-refractivity contribution in [2.24, 2.45) is 5.73 Å². The van der Waals surface area contributed by atoms with Crippen LogP contribution in [0.3, 0.4) is 0 Å². The molecule has 0 spiro atoms. The van der Waals surface area contributed by atoms with Gasteiger partial charge in [0.1, 0.15) is 5.00 Å². The van der Waals surface area contributed by atoms with Gasteiger partial charge in [-0.3, -0.25) is 14.4 Å². The zero-order valence-electron chi connectivity index (χ0n) is 14.8. The van der Waals surface area contributed by atoms with E-state index in [1.807, 2.05) is 0 Å². The van der Waals surface area contributed by atoms with Gasteiger partial charge in [-0.2, -0.15) is 5.10 Å². The molecule has 1 aromatic carbocycles. The Balaban J connectivity index is 1.77. The molecule has 0 fully saturated rings. The highest BCUT2D eigenvalue weighted by molar-refractivity contribution is 7.14. The molecule has 144 valence electrons. The van der Waals surface area contributed by atoms with Crippen molar-refractivity contribution in [1.29, 1.82) is 0 Å². The topological polar surface area (TPSA) is 133 Å². The van der Waals surface area contributed by atoms with Crippen LogP contribution in [0.15, 0.2) is 40.5 Å². The summed E-state index contributed by atoms with van der Waals surface area (Å²) >= 11 is 1.12. The van der Waals surface area contributed by atoms with E-state index in [9.17, 15) is 19.2 Å². The lowest BCUT2D eigenvalue weighted by atomic mass is 10.1. The Morgan fingerprint density at radius 3 is 2.61 bits per heavy atom. The van der Waals surface area contributed by atoms with Gasteiger partial charge < -0.3 is 15.8 Å². The minimum atomic E-state index is -0.838. The van der Waals surface area contributed by atoms with Gasteiger partial charge in [-0.15, -0.1) is 11.3 Å². The second-order valence-electron chi connectivity index (χ2n) is 5.67. The second-order valence-corrected chi connectivity index (χ2v) is 6.58. The number of esters is 1. The summed E-state index contributed by atoms with van der Waals surface area (Å²) in [5.41, 5.74) is 5.02. The number of nitrogens with two attached hydrogens (primary N) is 1. The fourth-order valence-corrected chi connectivity index (χ4v) is 3.37. The van der Waals surface area contributed by atoms with E-state index < -0.39 is 24.4 Å². The van der Waals surface area contributed by atoms with E-state index in [1.54, 1.807) is 36.6 Å². The fraction of sp³-hybridized carbons (Fsp3) is 0.167. The van der Waals surface area contributed by atoms with Gasteiger partial charge in [0, 0.05) is 11.9 Å². The molecule has 0 atom stereocenters. The zero-order valence-corrected chi connectivity index (χ0v) is 15.6. The number of carbonyl (C=O) groups is 3. The largest absolute Gasteiger partial charge is 0.451 e. The molecule has 2 amide bonds. The van der Waals surface area contributed by atoms with Crippen LogP contribution in [0.5, 0.6) is 0 Å². The number of ether oxygens (including phenoxy) is 1. The van der Waals surface area contributed by atoms with E-state index in [-0.39, 0.29) is 28.4 Å². The van der Waals surface area contributed by atoms with Gasteiger partial charge >= 0.3 is 5.97 Å². The van der Waals surface area contributed by atoms with E-state index in [2.05, 4.69) is 10.4 Å². The van der Waals surface area contributed by atoms with Crippen LogP contribution in [0.25, 0.3) is 10.8 Å². The van der Waals surface area contributed by atoms with Gasteiger partial charge in [0.25, 0.3) is 17.4 Å². The zero-order chi connectivity index (χ0) is 20.3. The van der Waals surface area contributed by atoms with E-state index in [1.165, 1.54) is 6.07 Å². The number of aryl methyl sites for hydroxylation is 1. The highest BCUT2D eigenvalue weighted by Crippen LogP contribution is 2.22. The van der Waals surface area contributed by atoms with Crippen LogP contribution in [0.1, 0.15) is 27.8 Å². The van der Waals surface area contributed by atoms with Crippen LogP contribution >= 0.6 is 11.3 Å². The molecule has 9 nitrogen and oxygen atoms in total. The summed E-state index contributed by atoms with van der Waals surface area (Å²) in [5, 5.41) is 9.08. The molecule has 0 radical (unpaired) electrons. The first-order valence-corrected chi connectivity index (χ1v) is 9.14. The Bertz CT molecular complexity index is 1130. The van der Waals surface area contributed by atoms with Crippen LogP contribution in [0.2, 0.25) is 0 Å². The number of benzene rings is 1. The fourth-order valence-electron chi connectivity index (χ4n) is 2.56. The minimum absolute atomic E-state index is 0.0567. The molecular formula is C18H16N4O5S. The number of carbonyl (C=O) groups excluding carboxylic acids is 3.